The van der Waals surface area contributed by atoms with Crippen molar-refractivity contribution in [1.29, 1.82) is 0 Å². The molecule has 3 atom stereocenters. The molecule has 2 aromatic rings. The second kappa shape index (κ2) is 11.9. The lowest BCUT2D eigenvalue weighted by Crippen LogP contribution is -2.55. The molecule has 4 rings (SSSR count). The first-order valence-corrected chi connectivity index (χ1v) is 13.3. The number of hydrogen-bond donors (Lipinski definition) is 3. The van der Waals surface area contributed by atoms with E-state index in [2.05, 4.69) is 32.5 Å². The molecule has 1 aliphatic heterocycles. The number of amides is 2. The van der Waals surface area contributed by atoms with E-state index in [1.165, 1.54) is 30.8 Å². The Kier molecular flexibility index (Phi) is 8.64. The Morgan fingerprint density at radius 1 is 1.12 bits per heavy atom. The summed E-state index contributed by atoms with van der Waals surface area (Å²) in [5.74, 6) is 0.239. The smallest absolute Gasteiger partial charge is 0.247 e. The van der Waals surface area contributed by atoms with Crippen molar-refractivity contribution in [3.63, 3.8) is 0 Å². The SMILES string of the molecule is CN[C@@H](C)CN[C@H](C(=O)N1CCC[C@H]1C(=O)Nc1snnc1-c1ccccc1)C1CCCCC1. The number of likely N-dealkylation sites (tertiary alicyclic amines) is 1. The molecule has 2 heterocycles. The lowest BCUT2D eigenvalue weighted by Gasteiger charge is -2.35. The third-order valence-electron chi connectivity index (χ3n) is 7.13. The summed E-state index contributed by atoms with van der Waals surface area (Å²) in [6, 6.07) is 9.27. The number of rotatable bonds is 9. The number of carbonyl (C=O) groups is 2. The largest absolute Gasteiger partial charge is 0.329 e. The molecule has 2 amide bonds. The fourth-order valence-corrected chi connectivity index (χ4v) is 5.66. The van der Waals surface area contributed by atoms with E-state index in [0.717, 1.165) is 31.4 Å². The van der Waals surface area contributed by atoms with Gasteiger partial charge >= 0.3 is 0 Å². The van der Waals surface area contributed by atoms with E-state index in [1.807, 2.05) is 42.3 Å². The number of carbonyl (C=O) groups excluding carboxylic acids is 2. The number of benzene rings is 1. The molecule has 2 fully saturated rings. The molecule has 8 nitrogen and oxygen atoms in total. The van der Waals surface area contributed by atoms with Crippen LogP contribution < -0.4 is 16.0 Å². The molecule has 1 aromatic heterocycles. The molecule has 3 N–H and O–H groups in total. The molecule has 9 heteroatoms. The molecule has 34 heavy (non-hydrogen) atoms. The summed E-state index contributed by atoms with van der Waals surface area (Å²) >= 11 is 1.17. The van der Waals surface area contributed by atoms with Crippen molar-refractivity contribution >= 4 is 28.3 Å². The molecule has 1 saturated heterocycles. The summed E-state index contributed by atoms with van der Waals surface area (Å²) in [6.45, 7) is 3.45. The van der Waals surface area contributed by atoms with Gasteiger partial charge in [-0.25, -0.2) is 0 Å². The Morgan fingerprint density at radius 3 is 2.62 bits per heavy atom. The van der Waals surface area contributed by atoms with Crippen LogP contribution in [0.15, 0.2) is 30.3 Å². The van der Waals surface area contributed by atoms with E-state index >= 15 is 0 Å². The van der Waals surface area contributed by atoms with Crippen LogP contribution in [0, 0.1) is 5.92 Å². The van der Waals surface area contributed by atoms with Crippen LogP contribution in [0.4, 0.5) is 5.00 Å². The van der Waals surface area contributed by atoms with Crippen LogP contribution in [0.3, 0.4) is 0 Å². The first-order valence-electron chi connectivity index (χ1n) is 12.5. The van der Waals surface area contributed by atoms with Crippen LogP contribution in [0.1, 0.15) is 51.9 Å². The van der Waals surface area contributed by atoms with Gasteiger partial charge in [-0.05, 0) is 45.6 Å². The van der Waals surface area contributed by atoms with E-state index in [-0.39, 0.29) is 23.9 Å². The molecule has 0 unspecified atom stereocenters. The minimum Gasteiger partial charge on any atom is -0.329 e. The first-order chi connectivity index (χ1) is 16.6. The highest BCUT2D eigenvalue weighted by atomic mass is 32.1. The third kappa shape index (κ3) is 5.82. The van der Waals surface area contributed by atoms with Crippen LogP contribution in [0.5, 0.6) is 0 Å². The number of likely N-dealkylation sites (N-methyl/N-ethyl adjacent to an activating group) is 1. The normalized spacial score (nSPS) is 20.8. The predicted molar refractivity (Wildman–Crippen MR) is 136 cm³/mol. The molecular formula is C25H36N6O2S. The third-order valence-corrected chi connectivity index (χ3v) is 7.78. The first kappa shape index (κ1) is 24.8. The van der Waals surface area contributed by atoms with Crippen molar-refractivity contribution < 1.29 is 9.59 Å². The van der Waals surface area contributed by atoms with Crippen molar-refractivity contribution in [2.75, 3.05) is 25.5 Å². The average molecular weight is 485 g/mol. The molecule has 184 valence electrons. The van der Waals surface area contributed by atoms with Crippen molar-refractivity contribution in [3.05, 3.63) is 30.3 Å². The molecule has 0 bridgehead atoms. The monoisotopic (exact) mass is 484 g/mol. The van der Waals surface area contributed by atoms with Crippen LogP contribution in [-0.2, 0) is 9.59 Å². The van der Waals surface area contributed by atoms with E-state index in [0.29, 0.717) is 29.6 Å². The number of anilines is 1. The van der Waals surface area contributed by atoms with Crippen molar-refractivity contribution in [3.8, 4) is 11.3 Å². The summed E-state index contributed by atoms with van der Waals surface area (Å²) in [4.78, 5) is 28.9. The number of nitrogens with zero attached hydrogens (tertiary/aromatic N) is 3. The van der Waals surface area contributed by atoms with Gasteiger partial charge in [-0.2, -0.15) is 0 Å². The van der Waals surface area contributed by atoms with E-state index in [4.69, 9.17) is 0 Å². The van der Waals surface area contributed by atoms with Gasteiger partial charge in [0.05, 0.1) is 6.04 Å². The van der Waals surface area contributed by atoms with Gasteiger partial charge in [-0.3, -0.25) is 9.59 Å². The maximum absolute atomic E-state index is 13.8. The van der Waals surface area contributed by atoms with Gasteiger partial charge in [0.1, 0.15) is 16.7 Å². The average Bonchev–Trinajstić information content (AvgIpc) is 3.55. The minimum atomic E-state index is -0.465. The number of hydrogen-bond acceptors (Lipinski definition) is 7. The molecular weight excluding hydrogens is 448 g/mol. The Bertz CT molecular complexity index is 946. The highest BCUT2D eigenvalue weighted by Gasteiger charge is 2.40. The van der Waals surface area contributed by atoms with Gasteiger partial charge < -0.3 is 20.9 Å². The van der Waals surface area contributed by atoms with E-state index < -0.39 is 6.04 Å². The van der Waals surface area contributed by atoms with Gasteiger partial charge in [0.25, 0.3) is 0 Å². The summed E-state index contributed by atoms with van der Waals surface area (Å²) < 4.78 is 4.05. The summed E-state index contributed by atoms with van der Waals surface area (Å²) in [6.07, 6.45) is 7.22. The Labute approximate surface area is 206 Å². The second-order valence-corrected chi connectivity index (χ2v) is 10.2. The van der Waals surface area contributed by atoms with Crippen molar-refractivity contribution in [1.82, 2.24) is 25.1 Å². The van der Waals surface area contributed by atoms with Gasteiger partial charge in [0, 0.05) is 36.2 Å². The zero-order valence-corrected chi connectivity index (χ0v) is 20.9. The van der Waals surface area contributed by atoms with Crippen LogP contribution in [-0.4, -0.2) is 64.6 Å². The van der Waals surface area contributed by atoms with Gasteiger partial charge in [-0.15, -0.1) is 5.10 Å². The molecule has 1 aliphatic carbocycles. The fraction of sp³-hybridized carbons (Fsp3) is 0.600. The number of nitrogens with one attached hydrogen (secondary N) is 3. The van der Waals surface area contributed by atoms with Gasteiger partial charge in [0.15, 0.2) is 0 Å². The minimum absolute atomic E-state index is 0.0681. The zero-order chi connectivity index (χ0) is 23.9. The number of aromatic nitrogens is 2. The van der Waals surface area contributed by atoms with Crippen molar-refractivity contribution in [2.45, 2.75) is 70.0 Å². The predicted octanol–water partition coefficient (Wildman–Crippen LogP) is 3.28. The highest BCUT2D eigenvalue weighted by molar-refractivity contribution is 7.10. The fourth-order valence-electron chi connectivity index (χ4n) is 5.06. The van der Waals surface area contributed by atoms with Gasteiger partial charge in [0.2, 0.25) is 11.8 Å². The topological polar surface area (TPSA) is 99.2 Å². The maximum Gasteiger partial charge on any atom is 0.247 e. The lowest BCUT2D eigenvalue weighted by atomic mass is 9.83. The van der Waals surface area contributed by atoms with Crippen LogP contribution in [0.25, 0.3) is 11.3 Å². The van der Waals surface area contributed by atoms with Crippen molar-refractivity contribution in [2.24, 2.45) is 5.92 Å². The van der Waals surface area contributed by atoms with E-state index in [1.54, 1.807) is 0 Å². The van der Waals surface area contributed by atoms with Gasteiger partial charge in [-0.1, -0.05) is 54.1 Å². The van der Waals surface area contributed by atoms with Crippen LogP contribution in [0.2, 0.25) is 0 Å². The standard InChI is InChI=1S/C25H36N6O2S/c1-17(26-2)16-27-22(19-12-7-4-8-13-19)25(33)31-15-9-14-20(31)23(32)28-24-21(29-30-34-24)18-10-5-3-6-11-18/h3,5-6,10-11,17,19-20,22,26-27H,4,7-9,12-16H2,1-2H3,(H,28,32)/t17-,20-,22-/m0/s1. The maximum atomic E-state index is 13.8. The second-order valence-electron chi connectivity index (χ2n) is 9.47. The Balaban J connectivity index is 1.47. The Morgan fingerprint density at radius 2 is 1.88 bits per heavy atom. The highest BCUT2D eigenvalue weighted by Crippen LogP contribution is 2.31. The zero-order valence-electron chi connectivity index (χ0n) is 20.1. The molecule has 0 radical (unpaired) electrons. The lowest BCUT2D eigenvalue weighted by molar-refractivity contribution is -0.140. The molecule has 2 aliphatic rings. The molecule has 1 saturated carbocycles. The summed E-state index contributed by atoms with van der Waals surface area (Å²) in [5, 5.41) is 14.7. The molecule has 0 spiro atoms. The Hall–Kier alpha value is -2.36. The van der Waals surface area contributed by atoms with Crippen LogP contribution >= 0.6 is 11.5 Å². The van der Waals surface area contributed by atoms with E-state index in [9.17, 15) is 9.59 Å². The summed E-state index contributed by atoms with van der Waals surface area (Å²) in [5.41, 5.74) is 1.57. The quantitative estimate of drug-likeness (QED) is 0.505. The summed E-state index contributed by atoms with van der Waals surface area (Å²) in [7, 11) is 1.93. The molecule has 1 aromatic carbocycles.